The van der Waals surface area contributed by atoms with E-state index < -0.39 is 11.5 Å². The van der Waals surface area contributed by atoms with Gasteiger partial charge in [0.2, 0.25) is 5.88 Å². The second-order valence-electron chi connectivity index (χ2n) is 7.95. The highest BCUT2D eigenvalue weighted by atomic mass is 16.5. The molecule has 164 valence electrons. The van der Waals surface area contributed by atoms with Gasteiger partial charge in [0.15, 0.2) is 12.4 Å². The summed E-state index contributed by atoms with van der Waals surface area (Å²) in [6.45, 7) is 3.90. The molecule has 0 bridgehead atoms. The molecule has 1 aliphatic rings. The van der Waals surface area contributed by atoms with E-state index in [1.54, 1.807) is 36.6 Å². The van der Waals surface area contributed by atoms with Crippen LogP contribution in [0.15, 0.2) is 47.1 Å². The van der Waals surface area contributed by atoms with Crippen molar-refractivity contribution >= 4 is 11.6 Å². The predicted molar refractivity (Wildman–Crippen MR) is 116 cm³/mol. The average Bonchev–Trinajstić information content (AvgIpc) is 3.31. The number of nitrogens with zero attached hydrogens (tertiary/aromatic N) is 2. The minimum atomic E-state index is -0.446. The molecule has 8 heteroatoms. The summed E-state index contributed by atoms with van der Waals surface area (Å²) in [5.74, 6) is 0.761. The van der Waals surface area contributed by atoms with E-state index in [1.807, 2.05) is 19.9 Å². The fourth-order valence-electron chi connectivity index (χ4n) is 3.65. The summed E-state index contributed by atoms with van der Waals surface area (Å²) >= 11 is 0. The first-order valence-corrected chi connectivity index (χ1v) is 10.1. The van der Waals surface area contributed by atoms with Crippen LogP contribution in [0.1, 0.15) is 30.5 Å². The molecule has 3 heterocycles. The standard InChI is InChI=1S/C24H23N3O5/c1-24(2)11-15-16(12-25)23(27-22(17(15)13-32-24)20-9-6-10-30-20)31-14-21(28)26-18-7-4-5-8-19(18)29-3/h4-10H,11,13-14H2,1-3H3,(H,26,28). The summed E-state index contributed by atoms with van der Waals surface area (Å²) in [7, 11) is 1.53. The van der Waals surface area contributed by atoms with Crippen molar-refractivity contribution in [2.75, 3.05) is 19.0 Å². The van der Waals surface area contributed by atoms with E-state index in [1.165, 1.54) is 7.11 Å². The van der Waals surface area contributed by atoms with Gasteiger partial charge in [-0.25, -0.2) is 4.98 Å². The molecule has 8 nitrogen and oxygen atoms in total. The lowest BCUT2D eigenvalue weighted by Crippen LogP contribution is -2.33. The maximum atomic E-state index is 12.5. The number of carbonyl (C=O) groups excluding carboxylic acids is 1. The van der Waals surface area contributed by atoms with Gasteiger partial charge in [0, 0.05) is 12.0 Å². The molecular formula is C24H23N3O5. The topological polar surface area (TPSA) is 107 Å². The smallest absolute Gasteiger partial charge is 0.262 e. The van der Waals surface area contributed by atoms with E-state index in [4.69, 9.17) is 18.6 Å². The Bertz CT molecular complexity index is 1180. The lowest BCUT2D eigenvalue weighted by atomic mass is 9.88. The summed E-state index contributed by atoms with van der Waals surface area (Å²) < 4.78 is 22.5. The van der Waals surface area contributed by atoms with Crippen molar-refractivity contribution in [1.82, 2.24) is 4.98 Å². The molecule has 0 aliphatic carbocycles. The molecule has 1 aliphatic heterocycles. The van der Waals surface area contributed by atoms with Crippen LogP contribution in [-0.4, -0.2) is 30.2 Å². The van der Waals surface area contributed by atoms with Gasteiger partial charge >= 0.3 is 0 Å². The third-order valence-corrected chi connectivity index (χ3v) is 5.18. The van der Waals surface area contributed by atoms with E-state index in [2.05, 4.69) is 16.4 Å². The van der Waals surface area contributed by atoms with Gasteiger partial charge in [-0.15, -0.1) is 0 Å². The van der Waals surface area contributed by atoms with Crippen molar-refractivity contribution in [2.45, 2.75) is 32.5 Å². The van der Waals surface area contributed by atoms with Crippen molar-refractivity contribution < 1.29 is 23.4 Å². The van der Waals surface area contributed by atoms with Gasteiger partial charge in [0.25, 0.3) is 5.91 Å². The number of para-hydroxylation sites is 2. The molecule has 4 rings (SSSR count). The highest BCUT2D eigenvalue weighted by Gasteiger charge is 2.33. The molecule has 1 amide bonds. The fraction of sp³-hybridized carbons (Fsp3) is 0.292. The summed E-state index contributed by atoms with van der Waals surface area (Å²) in [4.78, 5) is 17.1. The summed E-state index contributed by atoms with van der Waals surface area (Å²) in [6.07, 6.45) is 2.06. The number of hydrogen-bond acceptors (Lipinski definition) is 7. The largest absolute Gasteiger partial charge is 0.495 e. The Morgan fingerprint density at radius 3 is 2.78 bits per heavy atom. The van der Waals surface area contributed by atoms with Crippen LogP contribution in [0.5, 0.6) is 11.6 Å². The number of amides is 1. The number of methoxy groups -OCH3 is 1. The zero-order valence-electron chi connectivity index (χ0n) is 18.1. The summed E-state index contributed by atoms with van der Waals surface area (Å²) in [5.41, 5.74) is 2.51. The van der Waals surface area contributed by atoms with Gasteiger partial charge < -0.3 is 23.9 Å². The number of pyridine rings is 1. The van der Waals surface area contributed by atoms with E-state index in [-0.39, 0.29) is 12.5 Å². The summed E-state index contributed by atoms with van der Waals surface area (Å²) in [6, 6.07) is 12.8. The van der Waals surface area contributed by atoms with E-state index in [0.717, 1.165) is 11.1 Å². The van der Waals surface area contributed by atoms with Crippen LogP contribution in [0.4, 0.5) is 5.69 Å². The van der Waals surface area contributed by atoms with Crippen molar-refractivity contribution in [3.8, 4) is 29.2 Å². The minimum Gasteiger partial charge on any atom is -0.495 e. The molecule has 3 aromatic rings. The maximum Gasteiger partial charge on any atom is 0.262 e. The third-order valence-electron chi connectivity index (χ3n) is 5.18. The van der Waals surface area contributed by atoms with Crippen molar-refractivity contribution in [2.24, 2.45) is 0 Å². The Morgan fingerprint density at radius 1 is 1.25 bits per heavy atom. The number of aromatic nitrogens is 1. The Morgan fingerprint density at radius 2 is 2.06 bits per heavy atom. The number of fused-ring (bicyclic) bond motifs is 1. The third kappa shape index (κ3) is 4.29. The van der Waals surface area contributed by atoms with Crippen molar-refractivity contribution in [1.29, 1.82) is 5.26 Å². The van der Waals surface area contributed by atoms with E-state index in [9.17, 15) is 10.1 Å². The number of furan rings is 1. The van der Waals surface area contributed by atoms with Crippen LogP contribution >= 0.6 is 0 Å². The number of nitriles is 1. The molecular weight excluding hydrogens is 410 g/mol. The number of ether oxygens (including phenoxy) is 3. The number of benzene rings is 1. The normalized spacial score (nSPS) is 14.2. The van der Waals surface area contributed by atoms with Gasteiger partial charge in [-0.2, -0.15) is 5.26 Å². The van der Waals surface area contributed by atoms with Crippen molar-refractivity contribution in [3.05, 3.63) is 59.4 Å². The summed E-state index contributed by atoms with van der Waals surface area (Å²) in [5, 5.41) is 12.6. The van der Waals surface area contributed by atoms with Crippen LogP contribution in [0.25, 0.3) is 11.5 Å². The van der Waals surface area contributed by atoms with Gasteiger partial charge in [-0.05, 0) is 43.7 Å². The lowest BCUT2D eigenvalue weighted by Gasteiger charge is -2.33. The van der Waals surface area contributed by atoms with Gasteiger partial charge in [-0.3, -0.25) is 4.79 Å². The highest BCUT2D eigenvalue weighted by molar-refractivity contribution is 5.93. The minimum absolute atomic E-state index is 0.0885. The molecule has 0 saturated heterocycles. The van der Waals surface area contributed by atoms with Crippen LogP contribution < -0.4 is 14.8 Å². The first kappa shape index (κ1) is 21.4. The number of rotatable bonds is 6. The molecule has 0 atom stereocenters. The SMILES string of the molecule is COc1ccccc1NC(=O)COc1nc(-c2ccco2)c2c(c1C#N)CC(C)(C)OC2. The Balaban J connectivity index is 1.64. The fourth-order valence-corrected chi connectivity index (χ4v) is 3.65. The average molecular weight is 433 g/mol. The zero-order chi connectivity index (χ0) is 22.7. The second-order valence-corrected chi connectivity index (χ2v) is 7.95. The molecule has 0 spiro atoms. The second kappa shape index (κ2) is 8.73. The van der Waals surface area contributed by atoms with Gasteiger partial charge in [-0.1, -0.05) is 12.1 Å². The van der Waals surface area contributed by atoms with Crippen LogP contribution in [0.3, 0.4) is 0 Å². The van der Waals surface area contributed by atoms with Crippen LogP contribution in [-0.2, 0) is 22.6 Å². The molecule has 1 aromatic carbocycles. The maximum absolute atomic E-state index is 12.5. The first-order valence-electron chi connectivity index (χ1n) is 10.1. The Labute approximate surface area is 185 Å². The van der Waals surface area contributed by atoms with Crippen LogP contribution in [0.2, 0.25) is 0 Å². The Kier molecular flexibility index (Phi) is 5.84. The number of nitrogens with one attached hydrogen (secondary N) is 1. The molecule has 0 radical (unpaired) electrons. The van der Waals surface area contributed by atoms with E-state index >= 15 is 0 Å². The lowest BCUT2D eigenvalue weighted by molar-refractivity contribution is -0.118. The zero-order valence-corrected chi connectivity index (χ0v) is 18.1. The highest BCUT2D eigenvalue weighted by Crippen LogP contribution is 2.38. The van der Waals surface area contributed by atoms with E-state index in [0.29, 0.717) is 41.5 Å². The predicted octanol–water partition coefficient (Wildman–Crippen LogP) is 4.09. The quantitative estimate of drug-likeness (QED) is 0.624. The number of carbonyl (C=O) groups is 1. The van der Waals surface area contributed by atoms with Crippen LogP contribution in [0, 0.1) is 11.3 Å². The van der Waals surface area contributed by atoms with Gasteiger partial charge in [0.1, 0.15) is 23.1 Å². The van der Waals surface area contributed by atoms with Crippen molar-refractivity contribution in [3.63, 3.8) is 0 Å². The molecule has 0 fully saturated rings. The van der Waals surface area contributed by atoms with Gasteiger partial charge in [0.05, 0.1) is 31.3 Å². The molecule has 0 saturated carbocycles. The molecule has 2 aromatic heterocycles. The molecule has 0 unspecified atom stereocenters. The number of anilines is 1. The monoisotopic (exact) mass is 433 g/mol. The number of hydrogen-bond donors (Lipinski definition) is 1. The molecule has 32 heavy (non-hydrogen) atoms. The first-order chi connectivity index (χ1) is 15.4. The molecule has 1 N–H and O–H groups in total. The Hall–Kier alpha value is -3.83.